The van der Waals surface area contributed by atoms with Gasteiger partial charge in [-0.3, -0.25) is 4.79 Å². The van der Waals surface area contributed by atoms with E-state index in [0.29, 0.717) is 12.1 Å². The zero-order valence-corrected chi connectivity index (χ0v) is 9.84. The van der Waals surface area contributed by atoms with E-state index in [4.69, 9.17) is 0 Å². The first-order chi connectivity index (χ1) is 8.86. The molecule has 2 aromatic carbocycles. The van der Waals surface area contributed by atoms with Crippen molar-refractivity contribution in [3.05, 3.63) is 66.7 Å². The van der Waals surface area contributed by atoms with Gasteiger partial charge in [-0.1, -0.05) is 30.3 Å². The number of benzene rings is 2. The number of nitrogens with zero attached hydrogens (tertiary/aromatic N) is 1. The van der Waals surface area contributed by atoms with Crippen LogP contribution in [0.3, 0.4) is 0 Å². The molecule has 0 saturated heterocycles. The van der Waals surface area contributed by atoms with Gasteiger partial charge in [-0.25, -0.2) is 0 Å². The van der Waals surface area contributed by atoms with Crippen LogP contribution in [0.15, 0.2) is 54.6 Å². The second-order valence-corrected chi connectivity index (χ2v) is 4.15. The van der Waals surface area contributed by atoms with Crippen molar-refractivity contribution in [2.45, 2.75) is 0 Å². The van der Waals surface area contributed by atoms with Gasteiger partial charge >= 0.3 is 0 Å². The monoisotopic (exact) mass is 237 g/mol. The minimum absolute atomic E-state index is 0.0285. The number of carbonyl (C=O) groups excluding carboxylic acids is 1. The molecule has 1 N–H and O–H groups in total. The van der Waals surface area contributed by atoms with Crippen LogP contribution in [0.4, 0.5) is 11.4 Å². The fourth-order valence-corrected chi connectivity index (χ4v) is 2.11. The van der Waals surface area contributed by atoms with E-state index in [-0.39, 0.29) is 5.91 Å². The number of rotatable bonds is 1. The summed E-state index contributed by atoms with van der Waals surface area (Å²) in [5.74, 6) is 0.0285. The summed E-state index contributed by atoms with van der Waals surface area (Å²) < 4.78 is 0. The van der Waals surface area contributed by atoms with Crippen LogP contribution in [-0.2, 0) is 0 Å². The van der Waals surface area contributed by atoms with Crippen LogP contribution < -0.4 is 10.2 Å². The molecule has 1 heterocycles. The van der Waals surface area contributed by atoms with E-state index < -0.39 is 0 Å². The van der Waals surface area contributed by atoms with Crippen LogP contribution in [0.5, 0.6) is 0 Å². The van der Waals surface area contributed by atoms with Crippen molar-refractivity contribution in [3.8, 4) is 0 Å². The number of amides is 1. The van der Waals surface area contributed by atoms with Gasteiger partial charge in [0, 0.05) is 12.1 Å². The normalized spacial score (nSPS) is 13.7. The van der Waals surface area contributed by atoms with Crippen molar-refractivity contribution in [1.82, 2.24) is 0 Å². The quantitative estimate of drug-likeness (QED) is 0.827. The van der Waals surface area contributed by atoms with Gasteiger partial charge in [-0.15, -0.1) is 0 Å². The molecule has 0 spiro atoms. The van der Waals surface area contributed by atoms with Gasteiger partial charge in [0.25, 0.3) is 5.91 Å². The highest BCUT2D eigenvalue weighted by Crippen LogP contribution is 2.30. The van der Waals surface area contributed by atoms with E-state index in [0.717, 1.165) is 11.4 Å². The summed E-state index contributed by atoms with van der Waals surface area (Å²) in [6.07, 6.45) is 0. The molecule has 89 valence electrons. The lowest BCUT2D eigenvalue weighted by atomic mass is 10.1. The molecule has 0 aliphatic carbocycles. The molecule has 18 heavy (non-hydrogen) atoms. The van der Waals surface area contributed by atoms with E-state index >= 15 is 0 Å². The molecule has 0 bridgehead atoms. The highest BCUT2D eigenvalue weighted by Gasteiger charge is 2.22. The number of nitrogens with one attached hydrogen (secondary N) is 1. The van der Waals surface area contributed by atoms with Crippen molar-refractivity contribution in [2.75, 3.05) is 16.8 Å². The van der Waals surface area contributed by atoms with E-state index in [2.05, 4.69) is 5.32 Å². The number of hydrogen-bond donors (Lipinski definition) is 1. The molecule has 0 aromatic heterocycles. The minimum atomic E-state index is 0.0285. The van der Waals surface area contributed by atoms with Crippen LogP contribution in [0.25, 0.3) is 0 Å². The van der Waals surface area contributed by atoms with E-state index in [1.165, 1.54) is 0 Å². The first-order valence-corrected chi connectivity index (χ1v) is 5.90. The van der Waals surface area contributed by atoms with Gasteiger partial charge in [0.1, 0.15) is 0 Å². The summed E-state index contributed by atoms with van der Waals surface area (Å²) in [5.41, 5.74) is 2.60. The maximum Gasteiger partial charge on any atom is 0.258 e. The van der Waals surface area contributed by atoms with Crippen molar-refractivity contribution < 1.29 is 4.79 Å². The summed E-state index contributed by atoms with van der Waals surface area (Å²) in [6.45, 7) is 2.47. The van der Waals surface area contributed by atoms with Crippen LogP contribution in [0.1, 0.15) is 10.4 Å². The molecule has 1 amide bonds. The van der Waals surface area contributed by atoms with Gasteiger partial charge < -0.3 is 10.2 Å². The Morgan fingerprint density at radius 3 is 2.56 bits per heavy atom. The van der Waals surface area contributed by atoms with Crippen LogP contribution in [-0.4, -0.2) is 12.5 Å². The molecule has 0 fully saturated rings. The highest BCUT2D eigenvalue weighted by atomic mass is 16.2. The predicted octanol–water partition coefficient (Wildman–Crippen LogP) is 2.92. The second kappa shape index (κ2) is 4.53. The molecule has 1 aliphatic rings. The molecular formula is C15H13N2O. The van der Waals surface area contributed by atoms with Gasteiger partial charge in [0.2, 0.25) is 0 Å². The Morgan fingerprint density at radius 2 is 1.72 bits per heavy atom. The van der Waals surface area contributed by atoms with Crippen molar-refractivity contribution in [2.24, 2.45) is 0 Å². The van der Waals surface area contributed by atoms with Crippen LogP contribution in [0, 0.1) is 6.54 Å². The summed E-state index contributed by atoms with van der Waals surface area (Å²) in [5, 5.41) is 3.18. The van der Waals surface area contributed by atoms with Gasteiger partial charge in [0.05, 0.1) is 17.9 Å². The van der Waals surface area contributed by atoms with E-state index in [1.54, 1.807) is 4.90 Å². The van der Waals surface area contributed by atoms with Gasteiger partial charge in [-0.2, -0.15) is 0 Å². The summed E-state index contributed by atoms with van der Waals surface area (Å²) >= 11 is 0. The molecule has 0 unspecified atom stereocenters. The van der Waals surface area contributed by atoms with Gasteiger partial charge in [-0.05, 0) is 24.3 Å². The van der Waals surface area contributed by atoms with Crippen molar-refractivity contribution >= 4 is 17.3 Å². The largest absolute Gasteiger partial charge is 0.377 e. The van der Waals surface area contributed by atoms with E-state index in [1.807, 2.05) is 61.1 Å². The second-order valence-electron chi connectivity index (χ2n) is 4.15. The maximum absolute atomic E-state index is 12.4. The lowest BCUT2D eigenvalue weighted by molar-refractivity contribution is 0.0988. The molecule has 1 aliphatic heterocycles. The number of carbonyl (C=O) groups is 1. The lowest BCUT2D eigenvalue weighted by Crippen LogP contribution is -2.36. The first-order valence-electron chi connectivity index (χ1n) is 5.90. The SMILES string of the molecule is O=C(c1ccccc1)N1C[CH]Nc2ccccc21. The van der Waals surface area contributed by atoms with Gasteiger partial charge in [0.15, 0.2) is 0 Å². The lowest BCUT2D eigenvalue weighted by Gasteiger charge is -2.30. The predicted molar refractivity (Wildman–Crippen MR) is 72.5 cm³/mol. The standard InChI is InChI=1S/C15H13N2O/c18-15(12-6-2-1-3-7-12)17-11-10-16-13-8-4-5-9-14(13)17/h1-10,16H,11H2. The zero-order chi connectivity index (χ0) is 12.4. The Kier molecular flexibility index (Phi) is 2.73. The Labute approximate surface area is 106 Å². The topological polar surface area (TPSA) is 32.3 Å². The first kappa shape index (κ1) is 10.8. The highest BCUT2D eigenvalue weighted by molar-refractivity contribution is 6.08. The number of para-hydroxylation sites is 2. The number of anilines is 2. The molecule has 0 atom stereocenters. The summed E-state index contributed by atoms with van der Waals surface area (Å²) in [7, 11) is 0. The Bertz CT molecular complexity index is 566. The third-order valence-corrected chi connectivity index (χ3v) is 2.99. The third kappa shape index (κ3) is 1.84. The minimum Gasteiger partial charge on any atom is -0.377 e. The molecular weight excluding hydrogens is 224 g/mol. The summed E-state index contributed by atoms with van der Waals surface area (Å²) in [6, 6.07) is 17.2. The Morgan fingerprint density at radius 1 is 1.00 bits per heavy atom. The zero-order valence-electron chi connectivity index (χ0n) is 9.84. The summed E-state index contributed by atoms with van der Waals surface area (Å²) in [4.78, 5) is 14.2. The molecule has 3 rings (SSSR count). The number of hydrogen-bond acceptors (Lipinski definition) is 2. The maximum atomic E-state index is 12.4. The fourth-order valence-electron chi connectivity index (χ4n) is 2.11. The average Bonchev–Trinajstić information content (AvgIpc) is 2.47. The van der Waals surface area contributed by atoms with Crippen molar-refractivity contribution in [1.29, 1.82) is 0 Å². The van der Waals surface area contributed by atoms with E-state index in [9.17, 15) is 4.79 Å². The molecule has 0 saturated carbocycles. The number of fused-ring (bicyclic) bond motifs is 1. The smallest absolute Gasteiger partial charge is 0.258 e. The Hall–Kier alpha value is -2.29. The molecule has 3 heteroatoms. The molecule has 2 aromatic rings. The van der Waals surface area contributed by atoms with Crippen molar-refractivity contribution in [3.63, 3.8) is 0 Å². The third-order valence-electron chi connectivity index (χ3n) is 2.99. The molecule has 3 nitrogen and oxygen atoms in total. The average molecular weight is 237 g/mol. The molecule has 1 radical (unpaired) electrons. The fraction of sp³-hybridized carbons (Fsp3) is 0.0667. The Balaban J connectivity index is 1.97. The van der Waals surface area contributed by atoms with Crippen LogP contribution in [0.2, 0.25) is 0 Å². The van der Waals surface area contributed by atoms with Crippen LogP contribution >= 0.6 is 0 Å².